The van der Waals surface area contributed by atoms with Gasteiger partial charge in [0.2, 0.25) is 0 Å². The van der Waals surface area contributed by atoms with Crippen LogP contribution < -0.4 is 0 Å². The number of carbonyl (C=O) groups excluding carboxylic acids is 1. The van der Waals surface area contributed by atoms with Gasteiger partial charge in [0.05, 0.1) is 13.2 Å². The molecule has 0 aliphatic rings. The highest BCUT2D eigenvalue weighted by Gasteiger charge is 2.26. The van der Waals surface area contributed by atoms with Gasteiger partial charge in [0.15, 0.2) is 0 Å². The second-order valence-electron chi connectivity index (χ2n) is 7.40. The van der Waals surface area contributed by atoms with Crippen molar-refractivity contribution in [2.75, 3.05) is 12.5 Å². The van der Waals surface area contributed by atoms with E-state index in [2.05, 4.69) is 0 Å². The Bertz CT molecular complexity index is 677. The molecule has 1 N–H and O–H groups in total. The molecule has 1 atom stereocenters. The van der Waals surface area contributed by atoms with Crippen LogP contribution in [0, 0.1) is 11.3 Å². The summed E-state index contributed by atoms with van der Waals surface area (Å²) in [6, 6.07) is 2.69. The Morgan fingerprint density at radius 3 is 2.04 bits per heavy atom. The predicted octanol–water partition coefficient (Wildman–Crippen LogP) is 5.22. The molecule has 1 unspecified atom stereocenters. The fourth-order valence-corrected chi connectivity index (χ4v) is 2.82. The Morgan fingerprint density at radius 1 is 1.07 bits per heavy atom. The van der Waals surface area contributed by atoms with E-state index in [0.717, 1.165) is 0 Å². The summed E-state index contributed by atoms with van der Waals surface area (Å²) in [4.78, 5) is 12.1. The van der Waals surface area contributed by atoms with E-state index in [9.17, 15) is 18.0 Å². The molecule has 0 bridgehead atoms. The average Bonchev–Trinajstić information content (AvgIpc) is 2.64. The Kier molecular flexibility index (Phi) is 9.96. The molecule has 0 fully saturated rings. The minimum Gasteiger partial charge on any atom is -0.455 e. The first-order chi connectivity index (χ1) is 13.2. The smallest absolute Gasteiger partial charge is 0.352 e. The summed E-state index contributed by atoms with van der Waals surface area (Å²) in [6.07, 6.45) is 0.326. The molecular weight excluding hydrogens is 395 g/mol. The molecule has 0 radical (unpaired) electrons. The van der Waals surface area contributed by atoms with Crippen LogP contribution in [0.15, 0.2) is 12.1 Å². The van der Waals surface area contributed by atoms with Gasteiger partial charge in [-0.1, -0.05) is 6.07 Å². The van der Waals surface area contributed by atoms with Gasteiger partial charge in [-0.3, -0.25) is 5.41 Å². The third-order valence-corrected chi connectivity index (χ3v) is 4.23. The van der Waals surface area contributed by atoms with Crippen LogP contribution in [0.1, 0.15) is 49.4 Å². The van der Waals surface area contributed by atoms with Crippen LogP contribution in [0.4, 0.5) is 13.2 Å². The molecule has 28 heavy (non-hydrogen) atoms. The van der Waals surface area contributed by atoms with Gasteiger partial charge in [-0.25, -0.2) is 18.0 Å². The molecule has 0 saturated heterocycles. The molecule has 0 aliphatic heterocycles. The molecule has 4 nitrogen and oxygen atoms in total. The zero-order valence-electron chi connectivity index (χ0n) is 16.4. The summed E-state index contributed by atoms with van der Waals surface area (Å²) in [6.45, 7) is 2.46. The molecular formula is C20H27ClF3NO3. The third-order valence-electron chi connectivity index (χ3n) is 4.01. The van der Waals surface area contributed by atoms with Crippen molar-refractivity contribution in [2.45, 2.75) is 59.4 Å². The third kappa shape index (κ3) is 7.43. The summed E-state index contributed by atoms with van der Waals surface area (Å²) in [5, 5.41) is 8.05. The van der Waals surface area contributed by atoms with Crippen LogP contribution >= 0.6 is 11.6 Å². The molecule has 1 rings (SSSR count). The first kappa shape index (κ1) is 24.4. The van der Waals surface area contributed by atoms with Crippen LogP contribution in [-0.2, 0) is 40.9 Å². The highest BCUT2D eigenvalue weighted by molar-refractivity contribution is 6.36. The molecule has 8 heteroatoms. The lowest BCUT2D eigenvalue weighted by atomic mass is 9.99. The van der Waals surface area contributed by atoms with Gasteiger partial charge in [-0.05, 0) is 55.5 Å². The number of carbonyl (C=O) groups is 1. The Hall–Kier alpha value is -1.60. The van der Waals surface area contributed by atoms with Crippen molar-refractivity contribution in [3.8, 4) is 0 Å². The molecule has 0 aromatic heterocycles. The van der Waals surface area contributed by atoms with Crippen LogP contribution in [0.5, 0.6) is 0 Å². The average molecular weight is 422 g/mol. The predicted molar refractivity (Wildman–Crippen MR) is 103 cm³/mol. The SMILES string of the molecule is CC(C)(C)OC(=O)C(=N)C(CCCl)COCc1cc(CF)c(CF)cc1CF. The molecule has 0 spiro atoms. The molecule has 0 heterocycles. The van der Waals surface area contributed by atoms with Gasteiger partial charge in [0.25, 0.3) is 0 Å². The van der Waals surface area contributed by atoms with E-state index in [0.29, 0.717) is 12.0 Å². The second kappa shape index (κ2) is 11.4. The number of alkyl halides is 4. The van der Waals surface area contributed by atoms with Gasteiger partial charge in [-0.2, -0.15) is 0 Å². The Labute approximate surface area is 168 Å². The monoisotopic (exact) mass is 421 g/mol. The number of hydrogen-bond acceptors (Lipinski definition) is 4. The lowest BCUT2D eigenvalue weighted by molar-refractivity contribution is -0.146. The van der Waals surface area contributed by atoms with Crippen LogP contribution in [0.25, 0.3) is 0 Å². The zero-order chi connectivity index (χ0) is 21.3. The maximum atomic E-state index is 13.3. The Balaban J connectivity index is 2.82. The minimum absolute atomic E-state index is 0.00760. The van der Waals surface area contributed by atoms with E-state index in [1.807, 2.05) is 0 Å². The standard InChI is InChI=1S/C20H27ClF3NO3/c1-20(2,3)28-19(26)18(25)13(4-5-21)11-27-12-17-7-15(9-23)14(8-22)6-16(17)10-24/h6-7,13,25H,4-5,8-12H2,1-3H3. The summed E-state index contributed by atoms with van der Waals surface area (Å²) in [5.41, 5.74) is -0.0878. The van der Waals surface area contributed by atoms with E-state index in [1.54, 1.807) is 20.8 Å². The normalized spacial score (nSPS) is 12.7. The van der Waals surface area contributed by atoms with Gasteiger partial charge in [0.1, 0.15) is 31.3 Å². The quantitative estimate of drug-likeness (QED) is 0.303. The lowest BCUT2D eigenvalue weighted by Gasteiger charge is -2.23. The van der Waals surface area contributed by atoms with Crippen molar-refractivity contribution in [3.05, 3.63) is 34.4 Å². The first-order valence-corrected chi connectivity index (χ1v) is 9.47. The van der Waals surface area contributed by atoms with E-state index in [1.165, 1.54) is 12.1 Å². The van der Waals surface area contributed by atoms with E-state index < -0.39 is 37.5 Å². The van der Waals surface area contributed by atoms with E-state index >= 15 is 0 Å². The van der Waals surface area contributed by atoms with Gasteiger partial charge < -0.3 is 9.47 Å². The Morgan fingerprint density at radius 2 is 1.57 bits per heavy atom. The number of halogens is 4. The molecule has 0 aliphatic carbocycles. The van der Waals surface area contributed by atoms with Crippen molar-refractivity contribution in [3.63, 3.8) is 0 Å². The number of benzene rings is 1. The van der Waals surface area contributed by atoms with Gasteiger partial charge >= 0.3 is 5.97 Å². The first-order valence-electron chi connectivity index (χ1n) is 8.93. The summed E-state index contributed by atoms with van der Waals surface area (Å²) in [5.74, 6) is -1.12. The zero-order valence-corrected chi connectivity index (χ0v) is 17.2. The topological polar surface area (TPSA) is 59.4 Å². The van der Waals surface area contributed by atoms with Gasteiger partial charge in [-0.15, -0.1) is 11.6 Å². The second-order valence-corrected chi connectivity index (χ2v) is 7.77. The summed E-state index contributed by atoms with van der Waals surface area (Å²) >= 11 is 5.76. The molecule has 0 saturated carbocycles. The largest absolute Gasteiger partial charge is 0.455 e. The highest BCUT2D eigenvalue weighted by Crippen LogP contribution is 2.22. The number of nitrogens with one attached hydrogen (secondary N) is 1. The maximum absolute atomic E-state index is 13.3. The lowest BCUT2D eigenvalue weighted by Crippen LogP contribution is -2.34. The summed E-state index contributed by atoms with van der Waals surface area (Å²) in [7, 11) is 0. The summed E-state index contributed by atoms with van der Waals surface area (Å²) < 4.78 is 50.0. The van der Waals surface area contributed by atoms with Crippen molar-refractivity contribution in [1.29, 1.82) is 5.41 Å². The fourth-order valence-electron chi connectivity index (χ4n) is 2.55. The molecule has 158 valence electrons. The van der Waals surface area contributed by atoms with E-state index in [4.69, 9.17) is 26.5 Å². The fraction of sp³-hybridized carbons (Fsp3) is 0.600. The van der Waals surface area contributed by atoms with Gasteiger partial charge in [0, 0.05) is 11.8 Å². The minimum atomic E-state index is -0.877. The van der Waals surface area contributed by atoms with E-state index in [-0.39, 0.29) is 41.5 Å². The van der Waals surface area contributed by atoms with Crippen molar-refractivity contribution < 1.29 is 27.4 Å². The molecule has 1 aromatic rings. The highest BCUT2D eigenvalue weighted by atomic mass is 35.5. The molecule has 0 amide bonds. The number of ether oxygens (including phenoxy) is 2. The van der Waals surface area contributed by atoms with Crippen LogP contribution in [-0.4, -0.2) is 29.8 Å². The van der Waals surface area contributed by atoms with Crippen molar-refractivity contribution in [1.82, 2.24) is 0 Å². The number of esters is 1. The van der Waals surface area contributed by atoms with Crippen molar-refractivity contribution >= 4 is 23.3 Å². The van der Waals surface area contributed by atoms with Crippen LogP contribution in [0.3, 0.4) is 0 Å². The number of rotatable bonds is 11. The number of hydrogen-bond donors (Lipinski definition) is 1. The molecule has 1 aromatic carbocycles. The van der Waals surface area contributed by atoms with Crippen molar-refractivity contribution in [2.24, 2.45) is 5.92 Å². The maximum Gasteiger partial charge on any atom is 0.352 e. The van der Waals surface area contributed by atoms with Crippen LogP contribution in [0.2, 0.25) is 0 Å².